The van der Waals surface area contributed by atoms with Gasteiger partial charge in [-0.1, -0.05) is 6.42 Å². The Morgan fingerprint density at radius 3 is 3.11 bits per heavy atom. The zero-order chi connectivity index (χ0) is 13.2. The molecule has 2 aromatic rings. The highest BCUT2D eigenvalue weighted by atomic mass is 16.2. The van der Waals surface area contributed by atoms with E-state index in [9.17, 15) is 4.79 Å². The number of nitrogens with zero attached hydrogens (tertiary/aromatic N) is 1. The molecule has 0 radical (unpaired) electrons. The van der Waals surface area contributed by atoms with Crippen molar-refractivity contribution in [3.63, 3.8) is 0 Å². The van der Waals surface area contributed by atoms with Crippen molar-refractivity contribution in [2.75, 3.05) is 17.6 Å². The number of fused-ring (bicyclic) bond motifs is 1. The van der Waals surface area contributed by atoms with Gasteiger partial charge in [-0.05, 0) is 37.6 Å². The number of H-pyrrole nitrogens is 1. The highest BCUT2D eigenvalue weighted by molar-refractivity contribution is 5.98. The van der Waals surface area contributed by atoms with Crippen LogP contribution in [-0.2, 0) is 4.79 Å². The lowest BCUT2D eigenvalue weighted by Crippen LogP contribution is -2.43. The molecule has 1 fully saturated rings. The van der Waals surface area contributed by atoms with E-state index in [0.717, 1.165) is 42.4 Å². The number of aromatic amines is 1. The van der Waals surface area contributed by atoms with Gasteiger partial charge in [0.1, 0.15) is 0 Å². The molecule has 1 atom stereocenters. The molecular weight excluding hydrogens is 242 g/mol. The summed E-state index contributed by atoms with van der Waals surface area (Å²) < 4.78 is 0. The molecule has 0 saturated carbocycles. The summed E-state index contributed by atoms with van der Waals surface area (Å²) in [6.07, 6.45) is 3.13. The van der Waals surface area contributed by atoms with Crippen LogP contribution in [0.2, 0.25) is 0 Å². The zero-order valence-electron chi connectivity index (χ0n) is 10.6. The molecular formula is C13H17N5O. The maximum atomic E-state index is 12.1. The molecule has 3 rings (SSSR count). The van der Waals surface area contributed by atoms with Gasteiger partial charge in [-0.2, -0.15) is 5.10 Å². The van der Waals surface area contributed by atoms with Gasteiger partial charge in [0.05, 0.1) is 11.6 Å². The summed E-state index contributed by atoms with van der Waals surface area (Å²) in [4.78, 5) is 12.1. The first-order chi connectivity index (χ1) is 9.24. The molecule has 1 aromatic heterocycles. The first kappa shape index (κ1) is 12.0. The van der Waals surface area contributed by atoms with E-state index in [2.05, 4.69) is 20.8 Å². The summed E-state index contributed by atoms with van der Waals surface area (Å²) in [5.74, 6) is 0.461. The number of nitrogens with one attached hydrogen (secondary N) is 3. The fraction of sp³-hybridized carbons (Fsp3) is 0.385. The molecule has 1 amide bonds. The average molecular weight is 259 g/mol. The lowest BCUT2D eigenvalue weighted by atomic mass is 10.0. The predicted octanol–water partition coefficient (Wildman–Crippen LogP) is 1.23. The Bertz CT molecular complexity index is 600. The lowest BCUT2D eigenvalue weighted by molar-refractivity contribution is -0.118. The van der Waals surface area contributed by atoms with E-state index in [1.54, 1.807) is 0 Å². The average Bonchev–Trinajstić information content (AvgIpc) is 2.81. The lowest BCUT2D eigenvalue weighted by Gasteiger charge is -2.22. The number of aromatic nitrogens is 2. The molecule has 6 nitrogen and oxygen atoms in total. The van der Waals surface area contributed by atoms with Crippen LogP contribution in [0, 0.1) is 0 Å². The van der Waals surface area contributed by atoms with Crippen LogP contribution in [0.4, 0.5) is 11.5 Å². The first-order valence-corrected chi connectivity index (χ1v) is 6.52. The quantitative estimate of drug-likeness (QED) is 0.652. The van der Waals surface area contributed by atoms with Gasteiger partial charge in [0.2, 0.25) is 5.91 Å². The van der Waals surface area contributed by atoms with Gasteiger partial charge in [0.15, 0.2) is 5.82 Å². The smallest absolute Gasteiger partial charge is 0.241 e. The van der Waals surface area contributed by atoms with Crippen molar-refractivity contribution in [2.45, 2.75) is 25.3 Å². The molecule has 100 valence electrons. The Hall–Kier alpha value is -2.08. The molecule has 5 N–H and O–H groups in total. The van der Waals surface area contributed by atoms with Crippen LogP contribution >= 0.6 is 0 Å². The molecule has 19 heavy (non-hydrogen) atoms. The largest absolute Gasteiger partial charge is 0.382 e. The van der Waals surface area contributed by atoms with Crippen LogP contribution in [0.1, 0.15) is 19.3 Å². The summed E-state index contributed by atoms with van der Waals surface area (Å²) in [5, 5.41) is 13.7. The summed E-state index contributed by atoms with van der Waals surface area (Å²) in [6, 6.07) is 5.46. The Labute approximate surface area is 110 Å². The number of carbonyl (C=O) groups excluding carboxylic acids is 1. The van der Waals surface area contributed by atoms with E-state index >= 15 is 0 Å². The molecule has 0 spiro atoms. The molecule has 1 aliphatic rings. The highest BCUT2D eigenvalue weighted by Crippen LogP contribution is 2.22. The minimum absolute atomic E-state index is 0.0149. The zero-order valence-corrected chi connectivity index (χ0v) is 10.6. The van der Waals surface area contributed by atoms with E-state index in [1.165, 1.54) is 0 Å². The summed E-state index contributed by atoms with van der Waals surface area (Å²) in [7, 11) is 0. The number of nitrogen functional groups attached to an aromatic ring is 1. The number of hydrogen-bond acceptors (Lipinski definition) is 4. The molecule has 0 bridgehead atoms. The van der Waals surface area contributed by atoms with E-state index in [1.807, 2.05) is 18.2 Å². The van der Waals surface area contributed by atoms with Gasteiger partial charge in [0.25, 0.3) is 0 Å². The van der Waals surface area contributed by atoms with Crippen LogP contribution in [-0.4, -0.2) is 28.7 Å². The Balaban J connectivity index is 1.76. The van der Waals surface area contributed by atoms with E-state index < -0.39 is 0 Å². The van der Waals surface area contributed by atoms with E-state index in [4.69, 9.17) is 5.73 Å². The van der Waals surface area contributed by atoms with Crippen molar-refractivity contribution in [1.82, 2.24) is 15.5 Å². The first-order valence-electron chi connectivity index (χ1n) is 6.52. The van der Waals surface area contributed by atoms with Gasteiger partial charge in [-0.15, -0.1) is 0 Å². The number of benzene rings is 1. The van der Waals surface area contributed by atoms with Crippen molar-refractivity contribution in [1.29, 1.82) is 0 Å². The topological polar surface area (TPSA) is 95.8 Å². The number of amides is 1. The second kappa shape index (κ2) is 4.89. The van der Waals surface area contributed by atoms with Gasteiger partial charge in [-0.25, -0.2) is 0 Å². The number of rotatable bonds is 2. The molecule has 2 heterocycles. The van der Waals surface area contributed by atoms with Crippen LogP contribution in [0.5, 0.6) is 0 Å². The van der Waals surface area contributed by atoms with Crippen molar-refractivity contribution < 1.29 is 4.79 Å². The number of nitrogens with two attached hydrogens (primary N) is 1. The molecule has 0 aliphatic carbocycles. The van der Waals surface area contributed by atoms with Crippen molar-refractivity contribution in [2.24, 2.45) is 0 Å². The van der Waals surface area contributed by atoms with E-state index in [0.29, 0.717) is 5.82 Å². The Morgan fingerprint density at radius 1 is 1.42 bits per heavy atom. The molecule has 1 aliphatic heterocycles. The minimum atomic E-state index is -0.0915. The number of anilines is 2. The normalized spacial score (nSPS) is 19.5. The molecule has 1 saturated heterocycles. The second-order valence-electron chi connectivity index (χ2n) is 4.86. The van der Waals surface area contributed by atoms with Crippen LogP contribution < -0.4 is 16.4 Å². The van der Waals surface area contributed by atoms with E-state index in [-0.39, 0.29) is 11.9 Å². The van der Waals surface area contributed by atoms with Gasteiger partial charge in [-0.3, -0.25) is 9.89 Å². The standard InChI is InChI=1S/C13H17N5O/c14-12-9-7-8(4-5-10(9)17-18-12)16-13(19)11-3-1-2-6-15-11/h4-5,7,11,15H,1-3,6H2,(H,16,19)(H3,14,17,18). The minimum Gasteiger partial charge on any atom is -0.382 e. The Kier molecular flexibility index (Phi) is 3.08. The van der Waals surface area contributed by atoms with Crippen LogP contribution in [0.15, 0.2) is 18.2 Å². The summed E-state index contributed by atoms with van der Waals surface area (Å²) >= 11 is 0. The maximum absolute atomic E-state index is 12.1. The number of piperidine rings is 1. The van der Waals surface area contributed by atoms with Crippen molar-refractivity contribution in [3.8, 4) is 0 Å². The second-order valence-corrected chi connectivity index (χ2v) is 4.86. The van der Waals surface area contributed by atoms with Gasteiger partial charge >= 0.3 is 0 Å². The van der Waals surface area contributed by atoms with Crippen LogP contribution in [0.3, 0.4) is 0 Å². The third kappa shape index (κ3) is 2.39. The fourth-order valence-corrected chi connectivity index (χ4v) is 2.42. The van der Waals surface area contributed by atoms with Crippen molar-refractivity contribution >= 4 is 28.3 Å². The third-order valence-electron chi connectivity index (χ3n) is 3.49. The SMILES string of the molecule is Nc1n[nH]c2ccc(NC(=O)C3CCCCN3)cc12. The molecule has 1 unspecified atom stereocenters. The highest BCUT2D eigenvalue weighted by Gasteiger charge is 2.20. The monoisotopic (exact) mass is 259 g/mol. The van der Waals surface area contributed by atoms with Gasteiger partial charge in [0, 0.05) is 11.1 Å². The molecule has 1 aromatic carbocycles. The predicted molar refractivity (Wildman–Crippen MR) is 74.8 cm³/mol. The Morgan fingerprint density at radius 2 is 2.32 bits per heavy atom. The van der Waals surface area contributed by atoms with Gasteiger partial charge < -0.3 is 16.4 Å². The summed E-state index contributed by atoms with van der Waals surface area (Å²) in [6.45, 7) is 0.909. The van der Waals surface area contributed by atoms with Crippen molar-refractivity contribution in [3.05, 3.63) is 18.2 Å². The maximum Gasteiger partial charge on any atom is 0.241 e. The third-order valence-corrected chi connectivity index (χ3v) is 3.49. The number of carbonyl (C=O) groups is 1. The van der Waals surface area contributed by atoms with Crippen LogP contribution in [0.25, 0.3) is 10.9 Å². The molecule has 6 heteroatoms. The summed E-state index contributed by atoms with van der Waals surface area (Å²) in [5.41, 5.74) is 7.37. The number of hydrogen-bond donors (Lipinski definition) is 4. The fourth-order valence-electron chi connectivity index (χ4n) is 2.42.